The molecule has 2 fully saturated rings. The highest BCUT2D eigenvalue weighted by atomic mass is 35.5. The third kappa shape index (κ3) is 4.07. The smallest absolute Gasteiger partial charge is 0.204 e. The molecule has 13 heteroatoms. The largest absolute Gasteiger partial charge is 0.506 e. The van der Waals surface area contributed by atoms with Crippen molar-refractivity contribution in [3.05, 3.63) is 81.6 Å². The standard InChI is InChI=1S/C26H20Cl2F2N6O3/c1-11-33-26(36(34-11)18-6-15(27)8-31-21(18)12-2-3-12)25-23(37)22(24-19(39-25)10-38-24)35-9-14(7-32-35)13-4-16(29)20(28)17(30)5-13/h4-9,12,19,22,24,37H,2-3,10H2,1H3. The number of pyridine rings is 1. The van der Waals surface area contributed by atoms with Crippen molar-refractivity contribution in [3.63, 3.8) is 0 Å². The van der Waals surface area contributed by atoms with Crippen molar-refractivity contribution in [2.24, 2.45) is 0 Å². The molecule has 3 atom stereocenters. The molecule has 1 aromatic carbocycles. The van der Waals surface area contributed by atoms with Crippen LogP contribution < -0.4 is 0 Å². The molecule has 39 heavy (non-hydrogen) atoms. The Balaban J connectivity index is 1.32. The monoisotopic (exact) mass is 572 g/mol. The Kier molecular flexibility index (Phi) is 5.66. The lowest BCUT2D eigenvalue weighted by Crippen LogP contribution is -2.54. The predicted molar refractivity (Wildman–Crippen MR) is 137 cm³/mol. The molecule has 9 nitrogen and oxygen atoms in total. The van der Waals surface area contributed by atoms with Gasteiger partial charge < -0.3 is 14.6 Å². The molecule has 200 valence electrons. The van der Waals surface area contributed by atoms with E-state index in [-0.39, 0.29) is 23.2 Å². The Bertz CT molecular complexity index is 1640. The zero-order valence-corrected chi connectivity index (χ0v) is 21.9. The van der Waals surface area contributed by atoms with E-state index in [0.717, 1.165) is 30.7 Å². The maximum absolute atomic E-state index is 14.1. The van der Waals surface area contributed by atoms with Crippen LogP contribution in [-0.2, 0) is 9.47 Å². The van der Waals surface area contributed by atoms with Crippen LogP contribution in [0.5, 0.6) is 0 Å². The fourth-order valence-electron chi connectivity index (χ4n) is 5.00. The molecule has 1 aliphatic carbocycles. The van der Waals surface area contributed by atoms with E-state index in [1.54, 1.807) is 30.1 Å². The fourth-order valence-corrected chi connectivity index (χ4v) is 5.26. The van der Waals surface area contributed by atoms with E-state index in [1.165, 1.54) is 10.9 Å². The first-order chi connectivity index (χ1) is 18.8. The quantitative estimate of drug-likeness (QED) is 0.312. The van der Waals surface area contributed by atoms with Gasteiger partial charge in [-0.25, -0.2) is 18.4 Å². The molecule has 1 saturated carbocycles. The van der Waals surface area contributed by atoms with Gasteiger partial charge in [0, 0.05) is 23.9 Å². The molecule has 0 amide bonds. The number of hydrogen-bond donors (Lipinski definition) is 1. The number of aromatic nitrogens is 6. The summed E-state index contributed by atoms with van der Waals surface area (Å²) in [7, 11) is 0. The second-order valence-electron chi connectivity index (χ2n) is 9.80. The van der Waals surface area contributed by atoms with Crippen LogP contribution >= 0.6 is 23.2 Å². The summed E-state index contributed by atoms with van der Waals surface area (Å²) < 4.78 is 43.2. The molecule has 5 heterocycles. The number of rotatable bonds is 5. The molecule has 1 saturated heterocycles. The van der Waals surface area contributed by atoms with Crippen LogP contribution in [0.2, 0.25) is 10.0 Å². The van der Waals surface area contributed by atoms with Gasteiger partial charge in [-0.2, -0.15) is 10.2 Å². The summed E-state index contributed by atoms with van der Waals surface area (Å²) in [5.41, 5.74) is 2.20. The number of aryl methyl sites for hydroxylation is 1. The minimum Gasteiger partial charge on any atom is -0.506 e. The van der Waals surface area contributed by atoms with Gasteiger partial charge in [-0.05, 0) is 43.5 Å². The molecule has 4 aromatic rings. The minimum absolute atomic E-state index is 0.132. The van der Waals surface area contributed by atoms with Crippen molar-refractivity contribution in [1.29, 1.82) is 0 Å². The average Bonchev–Trinajstić information content (AvgIpc) is 3.49. The zero-order valence-electron chi connectivity index (χ0n) is 20.4. The summed E-state index contributed by atoms with van der Waals surface area (Å²) in [5, 5.41) is 20.4. The number of nitrogens with zero attached hydrogens (tertiary/aromatic N) is 6. The average molecular weight is 573 g/mol. The third-order valence-electron chi connectivity index (χ3n) is 7.09. The number of aliphatic hydroxyl groups excluding tert-OH is 1. The Morgan fingerprint density at radius 3 is 2.54 bits per heavy atom. The highest BCUT2D eigenvalue weighted by Crippen LogP contribution is 2.45. The Labute approximate surface area is 230 Å². The molecule has 0 radical (unpaired) electrons. The summed E-state index contributed by atoms with van der Waals surface area (Å²) in [5.74, 6) is -0.745. The summed E-state index contributed by atoms with van der Waals surface area (Å²) in [6.07, 6.45) is 5.74. The van der Waals surface area contributed by atoms with Crippen LogP contribution in [0, 0.1) is 18.6 Å². The molecule has 7 rings (SSSR count). The number of ether oxygens (including phenoxy) is 2. The van der Waals surface area contributed by atoms with E-state index in [1.807, 2.05) is 0 Å². The molecule has 3 unspecified atom stereocenters. The first kappa shape index (κ1) is 24.5. The van der Waals surface area contributed by atoms with Gasteiger partial charge in [0.1, 0.15) is 34.6 Å². The van der Waals surface area contributed by atoms with Crippen LogP contribution in [0.3, 0.4) is 0 Å². The van der Waals surface area contributed by atoms with Crippen LogP contribution in [-0.4, -0.2) is 53.5 Å². The molecule has 1 N–H and O–H groups in total. The number of benzene rings is 1. The zero-order chi connectivity index (χ0) is 27.0. The lowest BCUT2D eigenvalue weighted by atomic mass is 9.95. The highest BCUT2D eigenvalue weighted by Gasteiger charge is 2.50. The SMILES string of the molecule is Cc1nc(C2=C(O)C(n3cc(-c4cc(F)c(Cl)c(F)c4)cn3)C3OCC3O2)n(-c2cc(Cl)cnc2C2CC2)n1. The predicted octanol–water partition coefficient (Wildman–Crippen LogP) is 5.56. The van der Waals surface area contributed by atoms with Crippen LogP contribution in [0.4, 0.5) is 8.78 Å². The minimum atomic E-state index is -0.881. The summed E-state index contributed by atoms with van der Waals surface area (Å²) in [6.45, 7) is 2.05. The molecular formula is C26H20Cl2F2N6O3. The Hall–Kier alpha value is -3.54. The van der Waals surface area contributed by atoms with Crippen molar-refractivity contribution in [2.75, 3.05) is 6.61 Å². The Morgan fingerprint density at radius 1 is 1.08 bits per heavy atom. The first-order valence-electron chi connectivity index (χ1n) is 12.3. The van der Waals surface area contributed by atoms with Gasteiger partial charge in [-0.1, -0.05) is 23.2 Å². The number of aliphatic hydroxyl groups is 1. The van der Waals surface area contributed by atoms with Gasteiger partial charge >= 0.3 is 0 Å². The van der Waals surface area contributed by atoms with Gasteiger partial charge in [-0.3, -0.25) is 9.67 Å². The van der Waals surface area contributed by atoms with Gasteiger partial charge in [0.05, 0.1) is 29.2 Å². The van der Waals surface area contributed by atoms with Gasteiger partial charge in [0.25, 0.3) is 0 Å². The van der Waals surface area contributed by atoms with Gasteiger partial charge in [-0.15, -0.1) is 0 Å². The normalized spacial score (nSPS) is 22.4. The number of halogens is 4. The van der Waals surface area contributed by atoms with E-state index < -0.39 is 28.8 Å². The van der Waals surface area contributed by atoms with Crippen molar-refractivity contribution in [2.45, 2.75) is 43.9 Å². The number of fused-ring (bicyclic) bond motifs is 1. The molecule has 0 spiro atoms. The Morgan fingerprint density at radius 2 is 1.85 bits per heavy atom. The topological polar surface area (TPSA) is 100 Å². The summed E-state index contributed by atoms with van der Waals surface area (Å²) in [4.78, 5) is 9.12. The van der Waals surface area contributed by atoms with Gasteiger partial charge in [0.2, 0.25) is 11.6 Å². The lowest BCUT2D eigenvalue weighted by Gasteiger charge is -2.44. The third-order valence-corrected chi connectivity index (χ3v) is 7.66. The van der Waals surface area contributed by atoms with E-state index >= 15 is 0 Å². The van der Waals surface area contributed by atoms with E-state index in [2.05, 4.69) is 20.2 Å². The van der Waals surface area contributed by atoms with Gasteiger partial charge in [0.15, 0.2) is 11.9 Å². The van der Waals surface area contributed by atoms with E-state index in [0.29, 0.717) is 40.4 Å². The van der Waals surface area contributed by atoms with Crippen LogP contribution in [0.1, 0.15) is 42.1 Å². The fraction of sp³-hybridized carbons (Fsp3) is 0.308. The maximum atomic E-state index is 14.1. The van der Waals surface area contributed by atoms with Crippen molar-refractivity contribution < 1.29 is 23.4 Å². The lowest BCUT2D eigenvalue weighted by molar-refractivity contribution is -0.190. The summed E-state index contributed by atoms with van der Waals surface area (Å²) in [6, 6.07) is 3.25. The molecule has 0 bridgehead atoms. The van der Waals surface area contributed by atoms with E-state index in [9.17, 15) is 13.9 Å². The second kappa shape index (κ2) is 9.00. The first-order valence-corrected chi connectivity index (χ1v) is 13.0. The van der Waals surface area contributed by atoms with Crippen LogP contribution in [0.15, 0.2) is 42.5 Å². The molecular weight excluding hydrogens is 553 g/mol. The highest BCUT2D eigenvalue weighted by molar-refractivity contribution is 6.31. The van der Waals surface area contributed by atoms with Crippen molar-refractivity contribution in [1.82, 2.24) is 29.5 Å². The van der Waals surface area contributed by atoms with Crippen molar-refractivity contribution >= 4 is 29.0 Å². The molecule has 3 aromatic heterocycles. The molecule has 3 aliphatic rings. The molecule has 2 aliphatic heterocycles. The van der Waals surface area contributed by atoms with E-state index in [4.69, 9.17) is 32.7 Å². The maximum Gasteiger partial charge on any atom is 0.204 e. The number of hydrogen-bond acceptors (Lipinski definition) is 7. The second-order valence-corrected chi connectivity index (χ2v) is 10.6. The van der Waals surface area contributed by atoms with Crippen molar-refractivity contribution in [3.8, 4) is 16.8 Å². The summed E-state index contributed by atoms with van der Waals surface area (Å²) >= 11 is 11.9. The van der Waals surface area contributed by atoms with Crippen LogP contribution in [0.25, 0.3) is 22.6 Å².